The minimum atomic E-state index is 0. The lowest BCUT2D eigenvalue weighted by Crippen LogP contribution is -2.43. The average molecular weight is 475 g/mol. The van der Waals surface area contributed by atoms with Gasteiger partial charge in [-0.25, -0.2) is 0 Å². The van der Waals surface area contributed by atoms with Crippen LogP contribution in [0.25, 0.3) is 0 Å². The van der Waals surface area contributed by atoms with E-state index in [0.717, 1.165) is 37.7 Å². The summed E-state index contributed by atoms with van der Waals surface area (Å²) < 4.78 is 2.06. The summed E-state index contributed by atoms with van der Waals surface area (Å²) in [4.78, 5) is 5.70. The first-order valence-corrected chi connectivity index (χ1v) is 9.30. The van der Waals surface area contributed by atoms with Crippen LogP contribution in [-0.2, 0) is 12.0 Å². The summed E-state index contributed by atoms with van der Waals surface area (Å²) in [6.45, 7) is 11.3. The number of hydrogen-bond acceptors (Lipinski definition) is 3. The van der Waals surface area contributed by atoms with Crippen LogP contribution < -0.4 is 10.6 Å². The molecule has 0 atom stereocenters. The number of aryl methyl sites for hydroxylation is 3. The Morgan fingerprint density at radius 1 is 1.32 bits per heavy atom. The molecule has 0 amide bonds. The number of aromatic nitrogens is 2. The molecule has 0 fully saturated rings. The highest BCUT2D eigenvalue weighted by Crippen LogP contribution is 2.26. The van der Waals surface area contributed by atoms with Gasteiger partial charge in [-0.1, -0.05) is 19.9 Å². The Hall–Kier alpha value is -1.09. The first-order valence-electron chi connectivity index (χ1n) is 8.42. The molecule has 0 aromatic carbocycles. The SMILES string of the molecule is CN=C(NCCCn1nc(C)cc1C)NCC(C)(C)c1cccs1.I. The zero-order chi connectivity index (χ0) is 17.6. The lowest BCUT2D eigenvalue weighted by atomic mass is 9.91. The van der Waals surface area contributed by atoms with E-state index in [0.29, 0.717) is 0 Å². The average Bonchev–Trinajstić information content (AvgIpc) is 3.17. The second-order valence-corrected chi connectivity index (χ2v) is 7.67. The van der Waals surface area contributed by atoms with Crippen LogP contribution in [0.1, 0.15) is 36.5 Å². The fourth-order valence-electron chi connectivity index (χ4n) is 2.61. The van der Waals surface area contributed by atoms with Crippen LogP contribution >= 0.6 is 35.3 Å². The highest BCUT2D eigenvalue weighted by molar-refractivity contribution is 14.0. The van der Waals surface area contributed by atoms with Gasteiger partial charge in [-0.05, 0) is 37.8 Å². The molecule has 5 nitrogen and oxygen atoms in total. The predicted octanol–water partition coefficient (Wildman–Crippen LogP) is 3.71. The van der Waals surface area contributed by atoms with Crippen LogP contribution in [0.15, 0.2) is 28.6 Å². The molecule has 0 aliphatic carbocycles. The largest absolute Gasteiger partial charge is 0.356 e. The van der Waals surface area contributed by atoms with Crippen molar-refractivity contribution in [2.75, 3.05) is 20.1 Å². The number of thiophene rings is 1. The molecule has 140 valence electrons. The molecule has 2 aromatic heterocycles. The van der Waals surface area contributed by atoms with Gasteiger partial charge in [0.2, 0.25) is 0 Å². The second-order valence-electron chi connectivity index (χ2n) is 6.72. The smallest absolute Gasteiger partial charge is 0.191 e. The maximum absolute atomic E-state index is 4.49. The minimum Gasteiger partial charge on any atom is -0.356 e. The lowest BCUT2D eigenvalue weighted by molar-refractivity contribution is 0.515. The second kappa shape index (κ2) is 10.2. The standard InChI is InChI=1S/C18H29N5S.HI/c1-14-12-15(2)23(22-14)10-7-9-20-17(19-5)21-13-18(3,4)16-8-6-11-24-16;/h6,8,11-12H,7,9-10,13H2,1-5H3,(H2,19,20,21);1H. The van der Waals surface area contributed by atoms with Gasteiger partial charge < -0.3 is 10.6 Å². The van der Waals surface area contributed by atoms with E-state index in [4.69, 9.17) is 0 Å². The van der Waals surface area contributed by atoms with Gasteiger partial charge in [0.25, 0.3) is 0 Å². The van der Waals surface area contributed by atoms with Crippen molar-refractivity contribution >= 4 is 41.3 Å². The molecule has 0 spiro atoms. The van der Waals surface area contributed by atoms with Gasteiger partial charge >= 0.3 is 0 Å². The van der Waals surface area contributed by atoms with Crippen molar-refractivity contribution < 1.29 is 0 Å². The maximum atomic E-state index is 4.49. The van der Waals surface area contributed by atoms with E-state index in [1.165, 1.54) is 10.6 Å². The molecule has 2 aromatic rings. The molecule has 7 heteroatoms. The van der Waals surface area contributed by atoms with E-state index >= 15 is 0 Å². The van der Waals surface area contributed by atoms with Crippen LogP contribution in [0.4, 0.5) is 0 Å². The number of halogens is 1. The number of aliphatic imine (C=N–C) groups is 1. The first kappa shape index (κ1) is 22.0. The lowest BCUT2D eigenvalue weighted by Gasteiger charge is -2.25. The molecule has 0 saturated carbocycles. The molecular formula is C18H30IN5S. The Bertz CT molecular complexity index is 661. The molecule has 2 heterocycles. The summed E-state index contributed by atoms with van der Waals surface area (Å²) in [5, 5.41) is 13.4. The van der Waals surface area contributed by atoms with Crippen LogP contribution in [0, 0.1) is 13.8 Å². The Morgan fingerprint density at radius 2 is 2.08 bits per heavy atom. The first-order chi connectivity index (χ1) is 11.4. The highest BCUT2D eigenvalue weighted by Gasteiger charge is 2.21. The maximum Gasteiger partial charge on any atom is 0.191 e. The molecule has 2 rings (SSSR count). The third-order valence-electron chi connectivity index (χ3n) is 4.05. The minimum absolute atomic E-state index is 0. The van der Waals surface area contributed by atoms with Gasteiger partial charge in [-0.15, -0.1) is 35.3 Å². The summed E-state index contributed by atoms with van der Waals surface area (Å²) in [6.07, 6.45) is 1.01. The van der Waals surface area contributed by atoms with Crippen molar-refractivity contribution in [3.8, 4) is 0 Å². The van der Waals surface area contributed by atoms with Gasteiger partial charge in [0.1, 0.15) is 0 Å². The quantitative estimate of drug-likeness (QED) is 0.278. The van der Waals surface area contributed by atoms with Crippen LogP contribution in [0.2, 0.25) is 0 Å². The number of rotatable bonds is 7. The highest BCUT2D eigenvalue weighted by atomic mass is 127. The van der Waals surface area contributed by atoms with Gasteiger partial charge in [-0.2, -0.15) is 5.10 Å². The third kappa shape index (κ3) is 6.62. The Labute approximate surface area is 172 Å². The van der Waals surface area contributed by atoms with Crippen LogP contribution in [0.5, 0.6) is 0 Å². The molecular weight excluding hydrogens is 445 g/mol. The molecule has 2 N–H and O–H groups in total. The van der Waals surface area contributed by atoms with E-state index in [1.54, 1.807) is 11.3 Å². The van der Waals surface area contributed by atoms with Crippen molar-refractivity contribution in [2.24, 2.45) is 4.99 Å². The number of nitrogens with zero attached hydrogens (tertiary/aromatic N) is 3. The van der Waals surface area contributed by atoms with Crippen molar-refractivity contribution in [3.63, 3.8) is 0 Å². The molecule has 0 bridgehead atoms. The van der Waals surface area contributed by atoms with Crippen LogP contribution in [0.3, 0.4) is 0 Å². The fourth-order valence-corrected chi connectivity index (χ4v) is 3.47. The van der Waals surface area contributed by atoms with Crippen molar-refractivity contribution in [1.82, 2.24) is 20.4 Å². The van der Waals surface area contributed by atoms with Gasteiger partial charge in [0, 0.05) is 42.7 Å². The van der Waals surface area contributed by atoms with E-state index < -0.39 is 0 Å². The Kier molecular flexibility index (Phi) is 8.92. The monoisotopic (exact) mass is 475 g/mol. The summed E-state index contributed by atoms with van der Waals surface area (Å²) in [7, 11) is 1.81. The third-order valence-corrected chi connectivity index (χ3v) is 5.29. The summed E-state index contributed by atoms with van der Waals surface area (Å²) >= 11 is 1.80. The van der Waals surface area contributed by atoms with Gasteiger partial charge in [-0.3, -0.25) is 9.67 Å². The molecule has 0 unspecified atom stereocenters. The van der Waals surface area contributed by atoms with E-state index in [9.17, 15) is 0 Å². The zero-order valence-corrected chi connectivity index (χ0v) is 18.9. The number of hydrogen-bond donors (Lipinski definition) is 2. The van der Waals surface area contributed by atoms with E-state index in [2.05, 4.69) is 69.8 Å². The van der Waals surface area contributed by atoms with Crippen molar-refractivity contribution in [2.45, 2.75) is 46.1 Å². The van der Waals surface area contributed by atoms with E-state index in [1.807, 2.05) is 14.0 Å². The summed E-state index contributed by atoms with van der Waals surface area (Å²) in [5.74, 6) is 0.855. The van der Waals surface area contributed by atoms with Crippen molar-refractivity contribution in [3.05, 3.63) is 39.8 Å². The van der Waals surface area contributed by atoms with Gasteiger partial charge in [0.05, 0.1) is 5.69 Å². The molecule has 0 radical (unpaired) electrons. The molecule has 0 saturated heterocycles. The number of guanidine groups is 1. The fraction of sp³-hybridized carbons (Fsp3) is 0.556. The normalized spacial score (nSPS) is 12.0. The van der Waals surface area contributed by atoms with Crippen molar-refractivity contribution in [1.29, 1.82) is 0 Å². The molecule has 0 aliphatic rings. The molecule has 0 aliphatic heterocycles. The Balaban J connectivity index is 0.00000312. The Morgan fingerprint density at radius 3 is 2.64 bits per heavy atom. The van der Waals surface area contributed by atoms with Crippen LogP contribution in [-0.4, -0.2) is 35.9 Å². The number of nitrogens with one attached hydrogen (secondary N) is 2. The summed E-state index contributed by atoms with van der Waals surface area (Å²) in [6, 6.07) is 6.41. The molecule has 25 heavy (non-hydrogen) atoms. The van der Waals surface area contributed by atoms with E-state index in [-0.39, 0.29) is 29.4 Å². The zero-order valence-electron chi connectivity index (χ0n) is 15.8. The summed E-state index contributed by atoms with van der Waals surface area (Å²) in [5.41, 5.74) is 2.39. The van der Waals surface area contributed by atoms with Gasteiger partial charge in [0.15, 0.2) is 5.96 Å². The predicted molar refractivity (Wildman–Crippen MR) is 118 cm³/mol. The topological polar surface area (TPSA) is 54.2 Å².